The molecule has 0 aliphatic heterocycles. The number of carbonyl (C=O) groups excluding carboxylic acids is 2. The second-order valence-corrected chi connectivity index (χ2v) is 17.7. The number of phosphoric ester groups is 1. The van der Waals surface area contributed by atoms with Gasteiger partial charge in [-0.15, -0.1) is 0 Å². The third-order valence-corrected chi connectivity index (χ3v) is 11.1. The van der Waals surface area contributed by atoms with Crippen molar-refractivity contribution in [3.8, 4) is 0 Å². The van der Waals surface area contributed by atoms with Gasteiger partial charge in [0.25, 0.3) is 0 Å². The molecule has 0 fully saturated rings. The number of unbranched alkanes of at least 4 members (excludes halogenated alkanes) is 15. The van der Waals surface area contributed by atoms with Gasteiger partial charge in [-0.05, 0) is 96.3 Å². The Morgan fingerprint density at radius 2 is 0.800 bits per heavy atom. The SMILES string of the molecule is CC/C=C\C/C=C\C/C=C\C/C=C\C/C=C\CCCCCCCCCC(=O)OC(COC(=O)CCCCCCCCCC/C=C\C/C=C\C/C=C\C/C=C\CC)COP(=O)(O)OCCN. The van der Waals surface area contributed by atoms with Gasteiger partial charge in [0, 0.05) is 19.4 Å². The molecule has 0 aromatic rings. The summed E-state index contributed by atoms with van der Waals surface area (Å²) in [6, 6.07) is 0. The monoisotopic (exact) mass is 926 g/mol. The van der Waals surface area contributed by atoms with Gasteiger partial charge in [0.1, 0.15) is 6.61 Å². The second kappa shape index (κ2) is 50.1. The molecule has 9 nitrogen and oxygen atoms in total. The molecule has 3 N–H and O–H groups in total. The maximum atomic E-state index is 12.7. The Morgan fingerprint density at radius 1 is 0.462 bits per heavy atom. The van der Waals surface area contributed by atoms with E-state index in [1.54, 1.807) is 0 Å². The Morgan fingerprint density at radius 3 is 1.18 bits per heavy atom. The average molecular weight is 926 g/mol. The quantitative estimate of drug-likeness (QED) is 0.0265. The second-order valence-electron chi connectivity index (χ2n) is 16.3. The zero-order chi connectivity index (χ0) is 47.4. The number of phosphoric acid groups is 1. The maximum absolute atomic E-state index is 12.7. The van der Waals surface area contributed by atoms with Crippen molar-refractivity contribution in [3.05, 3.63) is 109 Å². The molecule has 0 radical (unpaired) electrons. The van der Waals surface area contributed by atoms with Gasteiger partial charge in [-0.2, -0.15) is 0 Å². The molecule has 0 heterocycles. The fraction of sp³-hybridized carbons (Fsp3) is 0.636. The number of hydrogen-bond donors (Lipinski definition) is 2. The Labute approximate surface area is 397 Å². The van der Waals surface area contributed by atoms with Gasteiger partial charge in [0.05, 0.1) is 13.2 Å². The van der Waals surface area contributed by atoms with Crippen molar-refractivity contribution >= 4 is 19.8 Å². The number of ether oxygens (including phenoxy) is 2. The van der Waals surface area contributed by atoms with Crippen LogP contribution in [0, 0.1) is 0 Å². The summed E-state index contributed by atoms with van der Waals surface area (Å²) in [4.78, 5) is 35.1. The van der Waals surface area contributed by atoms with Crippen molar-refractivity contribution in [2.45, 2.75) is 200 Å². The molecule has 0 rings (SSSR count). The first-order valence-electron chi connectivity index (χ1n) is 25.4. The van der Waals surface area contributed by atoms with Crippen molar-refractivity contribution < 1.29 is 37.6 Å². The number of hydrogen-bond acceptors (Lipinski definition) is 8. The topological polar surface area (TPSA) is 134 Å². The zero-order valence-electron chi connectivity index (χ0n) is 40.9. The molecule has 0 saturated heterocycles. The Kier molecular flexibility index (Phi) is 47.5. The highest BCUT2D eigenvalue weighted by Crippen LogP contribution is 2.43. The minimum atomic E-state index is -4.40. The van der Waals surface area contributed by atoms with Crippen LogP contribution in [0.4, 0.5) is 0 Å². The predicted octanol–water partition coefficient (Wildman–Crippen LogP) is 15.5. The van der Waals surface area contributed by atoms with Gasteiger partial charge >= 0.3 is 19.8 Å². The van der Waals surface area contributed by atoms with Gasteiger partial charge in [-0.1, -0.05) is 194 Å². The smallest absolute Gasteiger partial charge is 0.462 e. The number of nitrogens with two attached hydrogens (primary N) is 1. The minimum Gasteiger partial charge on any atom is -0.462 e. The van der Waals surface area contributed by atoms with Crippen molar-refractivity contribution in [1.82, 2.24) is 0 Å². The summed E-state index contributed by atoms with van der Waals surface area (Å²) in [5.41, 5.74) is 5.37. The van der Waals surface area contributed by atoms with Gasteiger partial charge in [0.15, 0.2) is 6.10 Å². The molecule has 370 valence electrons. The predicted molar refractivity (Wildman–Crippen MR) is 275 cm³/mol. The molecule has 10 heteroatoms. The van der Waals surface area contributed by atoms with Gasteiger partial charge in [0.2, 0.25) is 0 Å². The van der Waals surface area contributed by atoms with Crippen LogP contribution in [0.5, 0.6) is 0 Å². The van der Waals surface area contributed by atoms with Gasteiger partial charge in [-0.3, -0.25) is 18.6 Å². The van der Waals surface area contributed by atoms with Crippen LogP contribution in [-0.2, 0) is 32.7 Å². The van der Waals surface area contributed by atoms with Gasteiger partial charge < -0.3 is 20.1 Å². The van der Waals surface area contributed by atoms with Crippen LogP contribution >= 0.6 is 7.82 Å². The van der Waals surface area contributed by atoms with E-state index in [4.69, 9.17) is 24.3 Å². The largest absolute Gasteiger partial charge is 0.472 e. The molecule has 65 heavy (non-hydrogen) atoms. The van der Waals surface area contributed by atoms with Gasteiger partial charge in [-0.25, -0.2) is 4.57 Å². The first-order valence-corrected chi connectivity index (χ1v) is 26.9. The lowest BCUT2D eigenvalue weighted by Gasteiger charge is -2.19. The van der Waals surface area contributed by atoms with Crippen LogP contribution in [-0.4, -0.2) is 49.3 Å². The first kappa shape index (κ1) is 61.7. The van der Waals surface area contributed by atoms with Crippen molar-refractivity contribution in [1.29, 1.82) is 0 Å². The fourth-order valence-electron chi connectivity index (χ4n) is 6.48. The third kappa shape index (κ3) is 49.9. The molecule has 0 spiro atoms. The molecule has 0 aliphatic rings. The number of rotatable bonds is 46. The highest BCUT2D eigenvalue weighted by molar-refractivity contribution is 7.47. The molecular weight excluding hydrogens is 834 g/mol. The van der Waals surface area contributed by atoms with E-state index in [1.165, 1.54) is 44.9 Å². The Balaban J connectivity index is 4.13. The molecule has 0 bridgehead atoms. The van der Waals surface area contributed by atoms with Crippen LogP contribution in [0.1, 0.15) is 194 Å². The van der Waals surface area contributed by atoms with Crippen molar-refractivity contribution in [3.63, 3.8) is 0 Å². The zero-order valence-corrected chi connectivity index (χ0v) is 41.8. The summed E-state index contributed by atoms with van der Waals surface area (Å²) < 4.78 is 32.9. The fourth-order valence-corrected chi connectivity index (χ4v) is 7.24. The highest BCUT2D eigenvalue weighted by atomic mass is 31.2. The highest BCUT2D eigenvalue weighted by Gasteiger charge is 2.26. The molecule has 0 aliphatic carbocycles. The molecule has 0 aromatic heterocycles. The van der Waals surface area contributed by atoms with Crippen molar-refractivity contribution in [2.75, 3.05) is 26.4 Å². The lowest BCUT2D eigenvalue weighted by atomic mass is 10.1. The maximum Gasteiger partial charge on any atom is 0.472 e. The molecule has 0 amide bonds. The minimum absolute atomic E-state index is 0.0439. The van der Waals surface area contributed by atoms with E-state index >= 15 is 0 Å². The summed E-state index contributed by atoms with van der Waals surface area (Å²) in [5, 5.41) is 0. The molecule has 0 aromatic carbocycles. The van der Waals surface area contributed by atoms with Crippen LogP contribution in [0.3, 0.4) is 0 Å². The van der Waals surface area contributed by atoms with E-state index in [-0.39, 0.29) is 32.6 Å². The van der Waals surface area contributed by atoms with E-state index in [0.717, 1.165) is 109 Å². The molecule has 2 atom stereocenters. The number of esters is 2. The van der Waals surface area contributed by atoms with Crippen LogP contribution < -0.4 is 5.73 Å². The van der Waals surface area contributed by atoms with E-state index in [9.17, 15) is 19.0 Å². The average Bonchev–Trinajstić information content (AvgIpc) is 3.30. The van der Waals surface area contributed by atoms with Crippen LogP contribution in [0.25, 0.3) is 0 Å². The summed E-state index contributed by atoms with van der Waals surface area (Å²) in [5.74, 6) is -0.858. The molecule has 0 saturated carbocycles. The lowest BCUT2D eigenvalue weighted by molar-refractivity contribution is -0.161. The Bertz CT molecular complexity index is 1430. The van der Waals surface area contributed by atoms with Crippen molar-refractivity contribution in [2.24, 2.45) is 5.73 Å². The van der Waals surface area contributed by atoms with Crippen LogP contribution in [0.15, 0.2) is 109 Å². The van der Waals surface area contributed by atoms with Crippen LogP contribution in [0.2, 0.25) is 0 Å². The number of carbonyl (C=O) groups is 2. The summed E-state index contributed by atoms with van der Waals surface area (Å²) in [7, 11) is -4.40. The summed E-state index contributed by atoms with van der Waals surface area (Å²) in [6.07, 6.45) is 66.9. The summed E-state index contributed by atoms with van der Waals surface area (Å²) >= 11 is 0. The third-order valence-electron chi connectivity index (χ3n) is 10.2. The molecule has 2 unspecified atom stereocenters. The first-order chi connectivity index (χ1) is 31.8. The van der Waals surface area contributed by atoms with E-state index < -0.39 is 32.5 Å². The summed E-state index contributed by atoms with van der Waals surface area (Å²) in [6.45, 7) is 3.48. The lowest BCUT2D eigenvalue weighted by Crippen LogP contribution is -2.29. The van der Waals surface area contributed by atoms with E-state index in [1.807, 2.05) is 0 Å². The normalized spacial score (nSPS) is 14.1. The Hall–Kier alpha value is -3.33. The van der Waals surface area contributed by atoms with E-state index in [2.05, 4.69) is 123 Å². The standard InChI is InChI=1S/C55H92NO8P/c1-3-5-7-9-11-13-15-17-19-21-23-25-26-28-30-32-34-36-38-40-42-44-46-48-55(58)64-53(52-63-65(59,60)62-50-49-56)51-61-54(57)47-45-43-41-39-37-35-33-31-29-27-24-22-20-18-16-14-12-10-8-6-4-2/h5-8,11-14,17-20,23-25,27-28,30,53H,3-4,9-10,15-16,21-22,26,29,31-52,56H2,1-2H3,(H,59,60)/b7-5-,8-6-,13-11-,14-12-,19-17-,20-18-,25-23-,27-24-,30-28-. The van der Waals surface area contributed by atoms with E-state index in [0.29, 0.717) is 12.8 Å². The molecular formula is C55H92NO8P. The number of allylic oxidation sites excluding steroid dienone is 18.